The van der Waals surface area contributed by atoms with E-state index < -0.39 is 5.97 Å². The number of rotatable bonds is 2. The van der Waals surface area contributed by atoms with Crippen molar-refractivity contribution in [3.05, 3.63) is 48.5 Å². The smallest absolute Gasteiger partial charge is 0.355 e. The highest BCUT2D eigenvalue weighted by atomic mass is 16.4. The summed E-state index contributed by atoms with van der Waals surface area (Å²) in [6.07, 6.45) is 4.72. The third kappa shape index (κ3) is 1.83. The lowest BCUT2D eigenvalue weighted by Gasteiger charge is -2.03. The maximum Gasteiger partial charge on any atom is 0.355 e. The van der Waals surface area contributed by atoms with Crippen molar-refractivity contribution in [2.45, 2.75) is 0 Å². The lowest BCUT2D eigenvalue weighted by molar-refractivity contribution is 0.0691. The normalized spacial score (nSPS) is 9.87. The van der Waals surface area contributed by atoms with Crippen molar-refractivity contribution in [2.24, 2.45) is 0 Å². The Morgan fingerprint density at radius 3 is 2.67 bits per heavy atom. The second-order valence-electron chi connectivity index (χ2n) is 2.95. The second kappa shape index (κ2) is 3.88. The van der Waals surface area contributed by atoms with Crippen molar-refractivity contribution in [3.63, 3.8) is 0 Å². The van der Waals surface area contributed by atoms with Crippen molar-refractivity contribution in [1.82, 2.24) is 9.97 Å². The van der Waals surface area contributed by atoms with Gasteiger partial charge in [0.05, 0.1) is 0 Å². The Morgan fingerprint density at radius 2 is 2.00 bits per heavy atom. The maximum absolute atomic E-state index is 10.9. The third-order valence-corrected chi connectivity index (χ3v) is 1.98. The van der Waals surface area contributed by atoms with Gasteiger partial charge in [0, 0.05) is 29.7 Å². The van der Waals surface area contributed by atoms with E-state index in [1.807, 2.05) is 0 Å². The van der Waals surface area contributed by atoms with E-state index in [1.54, 1.807) is 36.7 Å². The fourth-order valence-corrected chi connectivity index (χ4v) is 1.33. The van der Waals surface area contributed by atoms with E-state index in [9.17, 15) is 4.79 Å². The van der Waals surface area contributed by atoms with Gasteiger partial charge in [-0.15, -0.1) is 0 Å². The average Bonchev–Trinajstić information content (AvgIpc) is 2.30. The molecule has 0 radical (unpaired) electrons. The predicted octanol–water partition coefficient (Wildman–Crippen LogP) is 1.84. The summed E-state index contributed by atoms with van der Waals surface area (Å²) >= 11 is 0. The van der Waals surface area contributed by atoms with E-state index >= 15 is 0 Å². The molecule has 2 rings (SSSR count). The van der Waals surface area contributed by atoms with Crippen molar-refractivity contribution in [1.29, 1.82) is 0 Å². The van der Waals surface area contributed by atoms with Crippen LogP contribution in [0, 0.1) is 0 Å². The molecule has 4 nitrogen and oxygen atoms in total. The van der Waals surface area contributed by atoms with Crippen LogP contribution in [-0.4, -0.2) is 21.0 Å². The van der Waals surface area contributed by atoms with Crippen molar-refractivity contribution in [3.8, 4) is 11.1 Å². The molecule has 4 heteroatoms. The zero-order valence-corrected chi connectivity index (χ0v) is 7.79. The molecule has 0 aliphatic carbocycles. The highest BCUT2D eigenvalue weighted by Gasteiger charge is 2.11. The zero-order chi connectivity index (χ0) is 10.7. The van der Waals surface area contributed by atoms with Gasteiger partial charge in [0.15, 0.2) is 5.69 Å². The standard InChI is InChI=1S/C11H8N2O2/c14-11(15)10-9(4-2-6-13-10)8-3-1-5-12-7-8/h1-7H,(H,14,15). The van der Waals surface area contributed by atoms with Gasteiger partial charge in [-0.1, -0.05) is 12.1 Å². The number of aromatic carboxylic acids is 1. The lowest BCUT2D eigenvalue weighted by atomic mass is 10.1. The number of carboxylic acids is 1. The SMILES string of the molecule is O=C(O)c1ncccc1-c1cccnc1. The van der Waals surface area contributed by atoms with Crippen molar-refractivity contribution < 1.29 is 9.90 Å². The number of pyridine rings is 2. The molecule has 2 aromatic heterocycles. The molecule has 0 saturated carbocycles. The van der Waals surface area contributed by atoms with Gasteiger partial charge in [-0.2, -0.15) is 0 Å². The first kappa shape index (κ1) is 9.33. The number of nitrogens with zero attached hydrogens (tertiary/aromatic N) is 2. The van der Waals surface area contributed by atoms with E-state index in [4.69, 9.17) is 5.11 Å². The first-order chi connectivity index (χ1) is 7.29. The molecule has 0 atom stereocenters. The van der Waals surface area contributed by atoms with E-state index in [-0.39, 0.29) is 5.69 Å². The van der Waals surface area contributed by atoms with Gasteiger partial charge in [-0.05, 0) is 12.1 Å². The Balaban J connectivity index is 2.58. The van der Waals surface area contributed by atoms with Crippen LogP contribution in [0.2, 0.25) is 0 Å². The maximum atomic E-state index is 10.9. The molecule has 2 aromatic rings. The van der Waals surface area contributed by atoms with Crippen LogP contribution in [0.5, 0.6) is 0 Å². The second-order valence-corrected chi connectivity index (χ2v) is 2.95. The minimum absolute atomic E-state index is 0.0468. The first-order valence-corrected chi connectivity index (χ1v) is 4.38. The molecule has 74 valence electrons. The summed E-state index contributed by atoms with van der Waals surface area (Å²) in [5.41, 5.74) is 1.38. The van der Waals surface area contributed by atoms with Crippen LogP contribution in [0.1, 0.15) is 10.5 Å². The van der Waals surface area contributed by atoms with Gasteiger partial charge in [-0.3, -0.25) is 4.98 Å². The summed E-state index contributed by atoms with van der Waals surface area (Å²) in [5, 5.41) is 8.94. The summed E-state index contributed by atoms with van der Waals surface area (Å²) in [7, 11) is 0. The zero-order valence-electron chi connectivity index (χ0n) is 7.79. The Bertz CT molecular complexity index is 483. The highest BCUT2D eigenvalue weighted by Crippen LogP contribution is 2.20. The van der Waals surface area contributed by atoms with Gasteiger partial charge in [0.2, 0.25) is 0 Å². The monoisotopic (exact) mass is 200 g/mol. The van der Waals surface area contributed by atoms with Gasteiger partial charge >= 0.3 is 5.97 Å². The molecule has 0 aliphatic heterocycles. The largest absolute Gasteiger partial charge is 0.476 e. The van der Waals surface area contributed by atoms with Crippen LogP contribution in [0.4, 0.5) is 0 Å². The van der Waals surface area contributed by atoms with Gasteiger partial charge in [0.25, 0.3) is 0 Å². The molecule has 0 spiro atoms. The van der Waals surface area contributed by atoms with E-state index in [2.05, 4.69) is 9.97 Å². The molecular weight excluding hydrogens is 192 g/mol. The number of aromatic nitrogens is 2. The molecule has 15 heavy (non-hydrogen) atoms. The van der Waals surface area contributed by atoms with Crippen LogP contribution in [0.15, 0.2) is 42.9 Å². The first-order valence-electron chi connectivity index (χ1n) is 4.38. The Kier molecular flexibility index (Phi) is 2.41. The van der Waals surface area contributed by atoms with Crippen molar-refractivity contribution >= 4 is 5.97 Å². The van der Waals surface area contributed by atoms with Crippen LogP contribution >= 0.6 is 0 Å². The molecule has 0 unspecified atom stereocenters. The minimum atomic E-state index is -1.03. The minimum Gasteiger partial charge on any atom is -0.476 e. The summed E-state index contributed by atoms with van der Waals surface area (Å²) < 4.78 is 0. The van der Waals surface area contributed by atoms with Crippen LogP contribution in [-0.2, 0) is 0 Å². The summed E-state index contributed by atoms with van der Waals surface area (Å²) in [6, 6.07) is 6.98. The topological polar surface area (TPSA) is 63.1 Å². The molecule has 1 N–H and O–H groups in total. The quantitative estimate of drug-likeness (QED) is 0.803. The number of hydrogen-bond donors (Lipinski definition) is 1. The molecule has 0 aliphatic rings. The van der Waals surface area contributed by atoms with E-state index in [0.29, 0.717) is 5.56 Å². The van der Waals surface area contributed by atoms with Crippen LogP contribution < -0.4 is 0 Å². The molecular formula is C11H8N2O2. The molecule has 0 aromatic carbocycles. The molecule has 2 heterocycles. The summed E-state index contributed by atoms with van der Waals surface area (Å²) in [5.74, 6) is -1.03. The van der Waals surface area contributed by atoms with Crippen LogP contribution in [0.25, 0.3) is 11.1 Å². The fraction of sp³-hybridized carbons (Fsp3) is 0. The Hall–Kier alpha value is -2.23. The van der Waals surface area contributed by atoms with Gasteiger partial charge < -0.3 is 5.11 Å². The van der Waals surface area contributed by atoms with Crippen LogP contribution in [0.3, 0.4) is 0 Å². The molecule has 0 amide bonds. The summed E-state index contributed by atoms with van der Waals surface area (Å²) in [6.45, 7) is 0. The van der Waals surface area contributed by atoms with Gasteiger partial charge in [-0.25, -0.2) is 9.78 Å². The van der Waals surface area contributed by atoms with E-state index in [1.165, 1.54) is 6.20 Å². The lowest BCUT2D eigenvalue weighted by Crippen LogP contribution is -2.02. The fourth-order valence-electron chi connectivity index (χ4n) is 1.33. The predicted molar refractivity (Wildman–Crippen MR) is 54.4 cm³/mol. The van der Waals surface area contributed by atoms with Crippen molar-refractivity contribution in [2.75, 3.05) is 0 Å². The van der Waals surface area contributed by atoms with E-state index in [0.717, 1.165) is 5.56 Å². The molecule has 0 saturated heterocycles. The highest BCUT2D eigenvalue weighted by molar-refractivity contribution is 5.93. The Morgan fingerprint density at radius 1 is 1.20 bits per heavy atom. The summed E-state index contributed by atoms with van der Waals surface area (Å²) in [4.78, 5) is 18.7. The number of hydrogen-bond acceptors (Lipinski definition) is 3. The Labute approximate surface area is 86.2 Å². The third-order valence-electron chi connectivity index (χ3n) is 1.98. The average molecular weight is 200 g/mol. The number of carboxylic acid groups (broad SMARTS) is 1. The molecule has 0 fully saturated rings. The molecule has 0 bridgehead atoms. The number of carbonyl (C=O) groups is 1. The van der Waals surface area contributed by atoms with Gasteiger partial charge in [0.1, 0.15) is 0 Å².